The van der Waals surface area contributed by atoms with E-state index in [9.17, 15) is 9.59 Å². The Labute approximate surface area is 160 Å². The molecule has 1 aromatic heterocycles. The Bertz CT molecular complexity index is 1010. The third-order valence-corrected chi connectivity index (χ3v) is 4.74. The molecule has 8 heteroatoms. The zero-order valence-corrected chi connectivity index (χ0v) is 15.7. The van der Waals surface area contributed by atoms with Crippen LogP contribution in [0.3, 0.4) is 0 Å². The molecule has 0 radical (unpaired) electrons. The lowest BCUT2D eigenvalue weighted by molar-refractivity contribution is -0.116. The number of nitrogens with zero attached hydrogens (tertiary/aromatic N) is 1. The van der Waals surface area contributed by atoms with Gasteiger partial charge in [-0.15, -0.1) is 0 Å². The Hall–Kier alpha value is -2.98. The van der Waals surface area contributed by atoms with Crippen molar-refractivity contribution >= 4 is 23.2 Å². The lowest BCUT2D eigenvalue weighted by atomic mass is 9.99. The molecule has 1 aliphatic rings. The van der Waals surface area contributed by atoms with Crippen molar-refractivity contribution in [3.05, 3.63) is 49.9 Å². The molecule has 0 saturated heterocycles. The number of benzene rings is 1. The van der Waals surface area contributed by atoms with E-state index in [1.165, 1.54) is 0 Å². The lowest BCUT2D eigenvalue weighted by Crippen LogP contribution is -2.19. The van der Waals surface area contributed by atoms with Crippen LogP contribution < -0.4 is 20.3 Å². The van der Waals surface area contributed by atoms with E-state index in [2.05, 4.69) is 10.3 Å². The number of amides is 1. The summed E-state index contributed by atoms with van der Waals surface area (Å²) in [5, 5.41) is 12.3. The summed E-state index contributed by atoms with van der Waals surface area (Å²) in [4.78, 5) is 26.8. The zero-order chi connectivity index (χ0) is 19.6. The fraction of sp³-hybridized carbons (Fsp3) is 0.316. The van der Waals surface area contributed by atoms with Crippen LogP contribution in [0, 0.1) is 25.2 Å². The van der Waals surface area contributed by atoms with Crippen LogP contribution in [-0.4, -0.2) is 24.1 Å². The van der Waals surface area contributed by atoms with E-state index in [1.54, 1.807) is 26.0 Å². The van der Waals surface area contributed by atoms with Crippen molar-refractivity contribution in [3.8, 4) is 17.6 Å². The fourth-order valence-electron chi connectivity index (χ4n) is 3.03. The Morgan fingerprint density at radius 2 is 1.96 bits per heavy atom. The van der Waals surface area contributed by atoms with E-state index < -0.39 is 5.56 Å². The third kappa shape index (κ3) is 3.91. The summed E-state index contributed by atoms with van der Waals surface area (Å²) in [5.74, 6) is 0.844. The molecule has 0 atom stereocenters. The second-order valence-electron chi connectivity index (χ2n) is 6.19. The highest BCUT2D eigenvalue weighted by Crippen LogP contribution is 2.38. The van der Waals surface area contributed by atoms with Gasteiger partial charge in [-0.3, -0.25) is 9.59 Å². The minimum atomic E-state index is -0.413. The van der Waals surface area contributed by atoms with Gasteiger partial charge in [-0.05, 0) is 31.4 Å². The Kier molecular flexibility index (Phi) is 5.38. The Balaban J connectivity index is 1.73. The molecule has 140 valence electrons. The molecule has 0 unspecified atom stereocenters. The van der Waals surface area contributed by atoms with Gasteiger partial charge in [-0.25, -0.2) is 0 Å². The average molecular weight is 388 g/mol. The van der Waals surface area contributed by atoms with Crippen LogP contribution in [0.4, 0.5) is 5.69 Å². The van der Waals surface area contributed by atoms with Gasteiger partial charge >= 0.3 is 0 Å². The number of carbonyl (C=O) groups is 1. The van der Waals surface area contributed by atoms with Gasteiger partial charge in [0.1, 0.15) is 24.8 Å². The van der Waals surface area contributed by atoms with Crippen molar-refractivity contribution in [2.75, 3.05) is 18.5 Å². The number of halogens is 1. The second-order valence-corrected chi connectivity index (χ2v) is 6.60. The summed E-state index contributed by atoms with van der Waals surface area (Å²) in [6, 6.07) is 5.16. The highest BCUT2D eigenvalue weighted by Gasteiger charge is 2.17. The van der Waals surface area contributed by atoms with E-state index in [1.807, 2.05) is 6.07 Å². The van der Waals surface area contributed by atoms with Gasteiger partial charge < -0.3 is 19.8 Å². The predicted molar refractivity (Wildman–Crippen MR) is 101 cm³/mol. The van der Waals surface area contributed by atoms with Gasteiger partial charge in [0.2, 0.25) is 5.91 Å². The standard InChI is InChI=1S/C19H18ClN3O4/c1-10-12(11(2)22-19(25)13(10)9-21)3-4-18(24)23-15-8-17-16(7-14(15)20)26-5-6-27-17/h7-8H,3-6H2,1-2H3,(H,22,25)(H,23,24). The molecule has 1 amide bonds. The number of pyridine rings is 1. The van der Waals surface area contributed by atoms with E-state index in [0.717, 1.165) is 5.56 Å². The van der Waals surface area contributed by atoms with Crippen LogP contribution in [0.1, 0.15) is 28.8 Å². The number of nitrogens with one attached hydrogen (secondary N) is 2. The van der Waals surface area contributed by atoms with E-state index in [-0.39, 0.29) is 17.9 Å². The van der Waals surface area contributed by atoms with Crippen molar-refractivity contribution in [1.29, 1.82) is 5.26 Å². The minimum Gasteiger partial charge on any atom is -0.486 e. The molecule has 2 N–H and O–H groups in total. The number of aromatic amines is 1. The molecular weight excluding hydrogens is 370 g/mol. The number of hydrogen-bond acceptors (Lipinski definition) is 5. The molecule has 2 aromatic rings. The smallest absolute Gasteiger partial charge is 0.266 e. The molecule has 1 aliphatic heterocycles. The number of fused-ring (bicyclic) bond motifs is 1. The number of aromatic nitrogens is 1. The van der Waals surface area contributed by atoms with Gasteiger partial charge in [-0.2, -0.15) is 5.26 Å². The lowest BCUT2D eigenvalue weighted by Gasteiger charge is -2.20. The summed E-state index contributed by atoms with van der Waals surface area (Å²) in [6.07, 6.45) is 0.556. The molecule has 27 heavy (non-hydrogen) atoms. The molecule has 7 nitrogen and oxygen atoms in total. The number of ether oxygens (including phenoxy) is 2. The van der Waals surface area contributed by atoms with Crippen LogP contribution in [-0.2, 0) is 11.2 Å². The third-order valence-electron chi connectivity index (χ3n) is 4.43. The number of nitriles is 1. The number of hydrogen-bond donors (Lipinski definition) is 2. The average Bonchev–Trinajstić information content (AvgIpc) is 2.62. The molecule has 0 spiro atoms. The Morgan fingerprint density at radius 1 is 1.30 bits per heavy atom. The largest absolute Gasteiger partial charge is 0.486 e. The Morgan fingerprint density at radius 3 is 2.63 bits per heavy atom. The van der Waals surface area contributed by atoms with E-state index >= 15 is 0 Å². The van der Waals surface area contributed by atoms with Crippen molar-refractivity contribution in [2.45, 2.75) is 26.7 Å². The summed E-state index contributed by atoms with van der Waals surface area (Å²) in [7, 11) is 0. The molecule has 3 rings (SSSR count). The molecule has 1 aromatic carbocycles. The quantitative estimate of drug-likeness (QED) is 0.839. The first-order valence-corrected chi connectivity index (χ1v) is 8.80. The van der Waals surface area contributed by atoms with Crippen molar-refractivity contribution in [1.82, 2.24) is 4.98 Å². The number of H-pyrrole nitrogens is 1. The monoisotopic (exact) mass is 387 g/mol. The van der Waals surface area contributed by atoms with E-state index in [0.29, 0.717) is 53.1 Å². The number of aryl methyl sites for hydroxylation is 1. The van der Waals surface area contributed by atoms with Gasteiger partial charge in [0.05, 0.1) is 10.7 Å². The summed E-state index contributed by atoms with van der Waals surface area (Å²) in [5.41, 5.74) is 2.15. The normalized spacial score (nSPS) is 12.4. The first kappa shape index (κ1) is 18.8. The second kappa shape index (κ2) is 7.72. The van der Waals surface area contributed by atoms with Crippen LogP contribution in [0.5, 0.6) is 11.5 Å². The van der Waals surface area contributed by atoms with Gasteiger partial charge in [0.25, 0.3) is 5.56 Å². The van der Waals surface area contributed by atoms with Crippen molar-refractivity contribution in [2.24, 2.45) is 0 Å². The van der Waals surface area contributed by atoms with Crippen LogP contribution in [0.15, 0.2) is 16.9 Å². The SMILES string of the molecule is Cc1[nH]c(=O)c(C#N)c(C)c1CCC(=O)Nc1cc2c(cc1Cl)OCCO2. The molecular formula is C19H18ClN3O4. The number of rotatable bonds is 4. The van der Waals surface area contributed by atoms with E-state index in [4.69, 9.17) is 26.3 Å². The summed E-state index contributed by atoms with van der Waals surface area (Å²) < 4.78 is 10.9. The van der Waals surface area contributed by atoms with Crippen LogP contribution in [0.25, 0.3) is 0 Å². The number of carbonyl (C=O) groups excluding carboxylic acids is 1. The van der Waals surface area contributed by atoms with Gasteiger partial charge in [-0.1, -0.05) is 11.6 Å². The zero-order valence-electron chi connectivity index (χ0n) is 14.9. The first-order chi connectivity index (χ1) is 12.9. The molecule has 0 fully saturated rings. The van der Waals surface area contributed by atoms with Crippen LogP contribution in [0.2, 0.25) is 5.02 Å². The van der Waals surface area contributed by atoms with Crippen molar-refractivity contribution < 1.29 is 14.3 Å². The maximum Gasteiger partial charge on any atom is 0.266 e. The highest BCUT2D eigenvalue weighted by molar-refractivity contribution is 6.34. The maximum absolute atomic E-state index is 12.4. The minimum absolute atomic E-state index is 0.0749. The summed E-state index contributed by atoms with van der Waals surface area (Å²) >= 11 is 6.20. The number of anilines is 1. The summed E-state index contributed by atoms with van der Waals surface area (Å²) in [6.45, 7) is 4.36. The van der Waals surface area contributed by atoms with Gasteiger partial charge in [0, 0.05) is 24.2 Å². The maximum atomic E-state index is 12.4. The van der Waals surface area contributed by atoms with Gasteiger partial charge in [0.15, 0.2) is 11.5 Å². The molecule has 0 aliphatic carbocycles. The van der Waals surface area contributed by atoms with Crippen molar-refractivity contribution in [3.63, 3.8) is 0 Å². The molecule has 0 bridgehead atoms. The van der Waals surface area contributed by atoms with Crippen LogP contribution >= 0.6 is 11.6 Å². The first-order valence-electron chi connectivity index (χ1n) is 8.42. The highest BCUT2D eigenvalue weighted by atomic mass is 35.5. The topological polar surface area (TPSA) is 104 Å². The predicted octanol–water partition coefficient (Wildman–Crippen LogP) is 2.86. The molecule has 2 heterocycles. The molecule has 0 saturated carbocycles. The fourth-order valence-corrected chi connectivity index (χ4v) is 3.23.